The molecule has 0 unspecified atom stereocenters. The van der Waals surface area contributed by atoms with Crippen molar-refractivity contribution in [3.05, 3.63) is 21.3 Å². The molecule has 0 atom stereocenters. The monoisotopic (exact) mass is 389 g/mol. The van der Waals surface area contributed by atoms with Crippen LogP contribution in [0.1, 0.15) is 24.3 Å². The molecule has 1 heterocycles. The Morgan fingerprint density at radius 2 is 2.14 bits per heavy atom. The summed E-state index contributed by atoms with van der Waals surface area (Å²) in [5.41, 5.74) is 0.711. The molecule has 0 amide bonds. The van der Waals surface area contributed by atoms with Crippen LogP contribution < -0.4 is 4.74 Å². The van der Waals surface area contributed by atoms with E-state index in [0.29, 0.717) is 16.6 Å². The number of carbonyl (C=O) groups is 1. The topological polar surface area (TPSA) is 97.3 Å². The lowest BCUT2D eigenvalue weighted by molar-refractivity contribution is 0.0520. The van der Waals surface area contributed by atoms with Crippen LogP contribution in [-0.4, -0.2) is 39.7 Å². The first-order valence-corrected chi connectivity index (χ1v) is 7.60. The molecule has 0 aliphatic carbocycles. The fourth-order valence-electron chi connectivity index (χ4n) is 1.79. The number of phenolic OH excluding ortho intramolecular Hbond substituents is 1. The first kappa shape index (κ1) is 16.6. The molecule has 2 rings (SSSR count). The molecule has 22 heavy (non-hydrogen) atoms. The summed E-state index contributed by atoms with van der Waals surface area (Å²) >= 11 is 9.36. The minimum Gasteiger partial charge on any atom is -0.503 e. The molecule has 0 saturated carbocycles. The third kappa shape index (κ3) is 3.02. The highest BCUT2D eigenvalue weighted by atomic mass is 79.9. The Morgan fingerprint density at radius 1 is 1.41 bits per heavy atom. The maximum atomic E-state index is 11.9. The maximum absolute atomic E-state index is 11.9. The van der Waals surface area contributed by atoms with E-state index < -0.39 is 5.97 Å². The molecule has 0 aliphatic heterocycles. The van der Waals surface area contributed by atoms with Crippen LogP contribution in [0.2, 0.25) is 5.02 Å². The second-order valence-corrected chi connectivity index (χ2v) is 5.24. The number of aromatic hydroxyl groups is 1. The van der Waals surface area contributed by atoms with E-state index in [9.17, 15) is 9.90 Å². The van der Waals surface area contributed by atoms with Gasteiger partial charge < -0.3 is 14.6 Å². The average Bonchev–Trinajstić information content (AvgIpc) is 2.97. The normalized spacial score (nSPS) is 10.5. The lowest BCUT2D eigenvalue weighted by Gasteiger charge is -2.12. The van der Waals surface area contributed by atoms with Gasteiger partial charge in [0.25, 0.3) is 0 Å². The third-order valence-corrected chi connectivity index (χ3v) is 4.14. The molecule has 1 aromatic carbocycles. The Hall–Kier alpha value is -1.80. The average molecular weight is 391 g/mol. The molecule has 0 saturated heterocycles. The van der Waals surface area contributed by atoms with E-state index in [0.717, 1.165) is 0 Å². The summed E-state index contributed by atoms with van der Waals surface area (Å²) in [6, 6.07) is 1.52. The van der Waals surface area contributed by atoms with Gasteiger partial charge in [0.15, 0.2) is 17.2 Å². The van der Waals surface area contributed by atoms with Crippen LogP contribution in [0.5, 0.6) is 11.5 Å². The summed E-state index contributed by atoms with van der Waals surface area (Å²) in [4.78, 5) is 11.9. The van der Waals surface area contributed by atoms with Gasteiger partial charge in [0.1, 0.15) is 10.7 Å². The van der Waals surface area contributed by atoms with Crippen molar-refractivity contribution >= 4 is 33.5 Å². The number of aromatic amines is 1. The molecule has 0 spiro atoms. The van der Waals surface area contributed by atoms with Gasteiger partial charge in [-0.3, -0.25) is 0 Å². The Balaban J connectivity index is 2.58. The molecule has 0 bridgehead atoms. The summed E-state index contributed by atoms with van der Waals surface area (Å²) in [7, 11) is 0. The van der Waals surface area contributed by atoms with Gasteiger partial charge in [-0.05, 0) is 35.8 Å². The van der Waals surface area contributed by atoms with E-state index in [1.165, 1.54) is 6.07 Å². The van der Waals surface area contributed by atoms with Gasteiger partial charge in [-0.2, -0.15) is 10.3 Å². The van der Waals surface area contributed by atoms with Gasteiger partial charge in [-0.15, -0.1) is 5.10 Å². The van der Waals surface area contributed by atoms with Crippen molar-refractivity contribution in [2.24, 2.45) is 0 Å². The molecule has 0 radical (unpaired) electrons. The minimum absolute atomic E-state index is 0.0201. The van der Waals surface area contributed by atoms with Crippen LogP contribution in [0.3, 0.4) is 0 Å². The Kier molecular flexibility index (Phi) is 5.25. The SMILES string of the molecule is CCOC(=O)c1n[nH]nc1-c1cc(OCC)c(O)c(Cl)c1Br. The van der Waals surface area contributed by atoms with Gasteiger partial charge in [0.2, 0.25) is 0 Å². The lowest BCUT2D eigenvalue weighted by atomic mass is 10.1. The number of halogens is 2. The summed E-state index contributed by atoms with van der Waals surface area (Å²) in [5, 5.41) is 20.2. The Bertz CT molecular complexity index is 705. The highest BCUT2D eigenvalue weighted by Crippen LogP contribution is 2.45. The maximum Gasteiger partial charge on any atom is 0.361 e. The Morgan fingerprint density at radius 3 is 2.77 bits per heavy atom. The van der Waals surface area contributed by atoms with Crippen LogP contribution in [0.25, 0.3) is 11.3 Å². The number of phenols is 1. The van der Waals surface area contributed by atoms with Crippen molar-refractivity contribution in [3.8, 4) is 22.8 Å². The summed E-state index contributed by atoms with van der Waals surface area (Å²) < 4.78 is 10.6. The van der Waals surface area contributed by atoms with E-state index >= 15 is 0 Å². The number of nitrogens with zero attached hydrogens (tertiary/aromatic N) is 2. The summed E-state index contributed by atoms with van der Waals surface area (Å²) in [6.45, 7) is 4.02. The van der Waals surface area contributed by atoms with E-state index in [1.807, 2.05) is 0 Å². The van der Waals surface area contributed by atoms with Crippen LogP contribution in [0.4, 0.5) is 0 Å². The molecule has 1 aromatic heterocycles. The zero-order valence-corrected chi connectivity index (χ0v) is 14.2. The largest absolute Gasteiger partial charge is 0.503 e. The molecule has 7 nitrogen and oxygen atoms in total. The van der Waals surface area contributed by atoms with Crippen LogP contribution in [0, 0.1) is 0 Å². The van der Waals surface area contributed by atoms with Gasteiger partial charge in [0.05, 0.1) is 13.2 Å². The molecule has 0 fully saturated rings. The highest BCUT2D eigenvalue weighted by molar-refractivity contribution is 9.10. The molecule has 2 aromatic rings. The number of esters is 1. The van der Waals surface area contributed by atoms with Crippen molar-refractivity contribution < 1.29 is 19.4 Å². The second kappa shape index (κ2) is 6.97. The number of carbonyl (C=O) groups excluding carboxylic acids is 1. The van der Waals surface area contributed by atoms with Crippen molar-refractivity contribution in [2.75, 3.05) is 13.2 Å². The fraction of sp³-hybridized carbons (Fsp3) is 0.308. The number of H-pyrrole nitrogens is 1. The second-order valence-electron chi connectivity index (χ2n) is 4.07. The number of rotatable bonds is 5. The van der Waals surface area contributed by atoms with Crippen molar-refractivity contribution in [2.45, 2.75) is 13.8 Å². The number of hydrogen-bond acceptors (Lipinski definition) is 6. The van der Waals surface area contributed by atoms with Gasteiger partial charge >= 0.3 is 5.97 Å². The quantitative estimate of drug-likeness (QED) is 0.761. The van der Waals surface area contributed by atoms with Crippen molar-refractivity contribution in [1.29, 1.82) is 0 Å². The van der Waals surface area contributed by atoms with Crippen molar-refractivity contribution in [3.63, 3.8) is 0 Å². The predicted molar refractivity (Wildman–Crippen MR) is 83.3 cm³/mol. The number of hydrogen-bond donors (Lipinski definition) is 2. The third-order valence-electron chi connectivity index (χ3n) is 2.72. The van der Waals surface area contributed by atoms with Gasteiger partial charge in [-0.25, -0.2) is 4.79 Å². The summed E-state index contributed by atoms with van der Waals surface area (Å²) in [5.74, 6) is -0.621. The highest BCUT2D eigenvalue weighted by Gasteiger charge is 2.24. The number of benzene rings is 1. The first-order valence-electron chi connectivity index (χ1n) is 6.43. The zero-order chi connectivity index (χ0) is 16.3. The van der Waals surface area contributed by atoms with E-state index in [4.69, 9.17) is 21.1 Å². The van der Waals surface area contributed by atoms with E-state index in [1.54, 1.807) is 13.8 Å². The predicted octanol–water partition coefficient (Wildman–Crippen LogP) is 3.17. The smallest absolute Gasteiger partial charge is 0.361 e. The van der Waals surface area contributed by atoms with E-state index in [-0.39, 0.29) is 34.5 Å². The lowest BCUT2D eigenvalue weighted by Crippen LogP contribution is -2.07. The van der Waals surface area contributed by atoms with E-state index in [2.05, 4.69) is 31.3 Å². The fourth-order valence-corrected chi connectivity index (χ4v) is 2.48. The molecule has 118 valence electrons. The molecular weight excluding hydrogens is 378 g/mol. The first-order chi connectivity index (χ1) is 10.5. The molecule has 9 heteroatoms. The van der Waals surface area contributed by atoms with Crippen LogP contribution >= 0.6 is 27.5 Å². The van der Waals surface area contributed by atoms with Gasteiger partial charge in [0, 0.05) is 10.0 Å². The van der Waals surface area contributed by atoms with Crippen molar-refractivity contribution in [1.82, 2.24) is 15.4 Å². The van der Waals surface area contributed by atoms with Crippen LogP contribution in [0.15, 0.2) is 10.5 Å². The number of nitrogens with one attached hydrogen (secondary N) is 1. The summed E-state index contributed by atoms with van der Waals surface area (Å²) in [6.07, 6.45) is 0. The Labute approximate surface area is 139 Å². The zero-order valence-electron chi connectivity index (χ0n) is 11.8. The number of ether oxygens (including phenoxy) is 2. The standard InChI is InChI=1S/C13H13BrClN3O4/c1-3-21-7-5-6(8(14)9(15)12(7)19)10-11(17-18-16-10)13(20)22-4-2/h5,19H,3-4H2,1-2H3,(H,16,17,18). The van der Waals surface area contributed by atoms with Gasteiger partial charge in [-0.1, -0.05) is 11.6 Å². The minimum atomic E-state index is -0.611. The molecule has 2 N–H and O–H groups in total. The molecular formula is C13H13BrClN3O4. The molecule has 0 aliphatic rings. The number of aromatic nitrogens is 3. The van der Waals surface area contributed by atoms with Crippen LogP contribution in [-0.2, 0) is 4.74 Å².